The highest BCUT2D eigenvalue weighted by Crippen LogP contribution is 2.41. The molecule has 2 fully saturated rings. The number of hydrogen-bond acceptors (Lipinski definition) is 1. The molecule has 0 amide bonds. The zero-order chi connectivity index (χ0) is 12.4. The standard InChI is InChI=1S/C16H22FN/c17-14-7-3-6-13(10-14)15-8-9-18-11-16(15)12-4-1-2-5-12/h3,6-7,10,12,15-16,18H,1-2,4-5,8-9,11H2. The average Bonchev–Trinajstić information content (AvgIpc) is 2.92. The molecule has 1 N–H and O–H groups in total. The Bertz CT molecular complexity index is 398. The van der Waals surface area contributed by atoms with Crippen molar-refractivity contribution in [2.24, 2.45) is 11.8 Å². The number of hydrogen-bond donors (Lipinski definition) is 1. The molecule has 2 unspecified atom stereocenters. The first-order chi connectivity index (χ1) is 8.84. The molecule has 2 atom stereocenters. The normalized spacial score (nSPS) is 29.6. The van der Waals surface area contributed by atoms with Crippen molar-refractivity contribution >= 4 is 0 Å². The smallest absolute Gasteiger partial charge is 0.123 e. The first kappa shape index (κ1) is 12.2. The molecule has 1 nitrogen and oxygen atoms in total. The van der Waals surface area contributed by atoms with Gasteiger partial charge < -0.3 is 5.32 Å². The van der Waals surface area contributed by atoms with Crippen molar-refractivity contribution in [3.63, 3.8) is 0 Å². The van der Waals surface area contributed by atoms with Crippen LogP contribution in [0.3, 0.4) is 0 Å². The van der Waals surface area contributed by atoms with Gasteiger partial charge in [0.2, 0.25) is 0 Å². The lowest BCUT2D eigenvalue weighted by Crippen LogP contribution is -2.38. The van der Waals surface area contributed by atoms with E-state index in [4.69, 9.17) is 0 Å². The second kappa shape index (κ2) is 5.40. The Morgan fingerprint density at radius 3 is 2.72 bits per heavy atom. The molecule has 18 heavy (non-hydrogen) atoms. The van der Waals surface area contributed by atoms with E-state index in [2.05, 4.69) is 11.4 Å². The fraction of sp³-hybridized carbons (Fsp3) is 0.625. The van der Waals surface area contributed by atoms with Crippen molar-refractivity contribution in [3.05, 3.63) is 35.6 Å². The van der Waals surface area contributed by atoms with Crippen LogP contribution in [0, 0.1) is 17.7 Å². The average molecular weight is 247 g/mol. The van der Waals surface area contributed by atoms with Crippen molar-refractivity contribution in [3.8, 4) is 0 Å². The van der Waals surface area contributed by atoms with Gasteiger partial charge in [-0.15, -0.1) is 0 Å². The maximum absolute atomic E-state index is 13.4. The van der Waals surface area contributed by atoms with Crippen molar-refractivity contribution in [2.75, 3.05) is 13.1 Å². The maximum atomic E-state index is 13.4. The lowest BCUT2D eigenvalue weighted by Gasteiger charge is -2.36. The van der Waals surface area contributed by atoms with E-state index in [1.165, 1.54) is 31.2 Å². The van der Waals surface area contributed by atoms with Crippen LogP contribution >= 0.6 is 0 Å². The Hall–Kier alpha value is -0.890. The van der Waals surface area contributed by atoms with E-state index in [-0.39, 0.29) is 5.82 Å². The summed E-state index contributed by atoms with van der Waals surface area (Å²) in [6.07, 6.45) is 6.68. The van der Waals surface area contributed by atoms with Gasteiger partial charge in [0.25, 0.3) is 0 Å². The zero-order valence-corrected chi connectivity index (χ0v) is 10.9. The van der Waals surface area contributed by atoms with E-state index < -0.39 is 0 Å². The molecule has 1 aromatic rings. The van der Waals surface area contributed by atoms with Crippen LogP contribution in [0.5, 0.6) is 0 Å². The van der Waals surface area contributed by atoms with Crippen LogP contribution in [0.4, 0.5) is 4.39 Å². The molecule has 1 aromatic carbocycles. The second-order valence-electron chi connectivity index (χ2n) is 5.86. The van der Waals surface area contributed by atoms with Crippen molar-refractivity contribution in [1.82, 2.24) is 5.32 Å². The Morgan fingerprint density at radius 1 is 1.11 bits per heavy atom. The van der Waals surface area contributed by atoms with Gasteiger partial charge in [-0.1, -0.05) is 37.8 Å². The molecule has 98 valence electrons. The minimum absolute atomic E-state index is 0.0868. The summed E-state index contributed by atoms with van der Waals surface area (Å²) in [7, 11) is 0. The topological polar surface area (TPSA) is 12.0 Å². The molecule has 0 aromatic heterocycles. The zero-order valence-electron chi connectivity index (χ0n) is 10.9. The minimum Gasteiger partial charge on any atom is -0.316 e. The molecular weight excluding hydrogens is 225 g/mol. The van der Waals surface area contributed by atoms with E-state index in [1.807, 2.05) is 6.07 Å². The van der Waals surface area contributed by atoms with Gasteiger partial charge in [-0.25, -0.2) is 4.39 Å². The van der Waals surface area contributed by atoms with Crippen LogP contribution in [0.25, 0.3) is 0 Å². The third-order valence-electron chi connectivity index (χ3n) is 4.81. The highest BCUT2D eigenvalue weighted by molar-refractivity contribution is 5.22. The molecule has 1 saturated carbocycles. The van der Waals surface area contributed by atoms with Crippen LogP contribution in [0.2, 0.25) is 0 Å². The maximum Gasteiger partial charge on any atom is 0.123 e. The molecule has 0 radical (unpaired) electrons. The molecule has 1 aliphatic carbocycles. The molecule has 2 aliphatic rings. The number of piperidine rings is 1. The van der Waals surface area contributed by atoms with Gasteiger partial charge in [0.15, 0.2) is 0 Å². The summed E-state index contributed by atoms with van der Waals surface area (Å²) in [5.41, 5.74) is 1.22. The molecule has 1 aliphatic heterocycles. The van der Waals surface area contributed by atoms with E-state index in [1.54, 1.807) is 12.1 Å². The van der Waals surface area contributed by atoms with Crippen LogP contribution in [0.15, 0.2) is 24.3 Å². The SMILES string of the molecule is Fc1cccc(C2CCNCC2C2CCCC2)c1. The fourth-order valence-corrected chi connectivity index (χ4v) is 3.91. The van der Waals surface area contributed by atoms with Crippen molar-refractivity contribution < 1.29 is 4.39 Å². The number of halogens is 1. The number of nitrogens with one attached hydrogen (secondary N) is 1. The predicted octanol–water partition coefficient (Wildman–Crippen LogP) is 3.71. The Kier molecular flexibility index (Phi) is 3.64. The first-order valence-corrected chi connectivity index (χ1v) is 7.31. The van der Waals surface area contributed by atoms with Crippen LogP contribution in [-0.2, 0) is 0 Å². The molecule has 1 saturated heterocycles. The summed E-state index contributed by atoms with van der Waals surface area (Å²) in [5, 5.41) is 3.53. The molecule has 0 bridgehead atoms. The highest BCUT2D eigenvalue weighted by Gasteiger charge is 2.34. The number of rotatable bonds is 2. The third-order valence-corrected chi connectivity index (χ3v) is 4.81. The summed E-state index contributed by atoms with van der Waals surface area (Å²) < 4.78 is 13.4. The van der Waals surface area contributed by atoms with Gasteiger partial charge in [-0.05, 0) is 55.0 Å². The van der Waals surface area contributed by atoms with Crippen LogP contribution in [-0.4, -0.2) is 13.1 Å². The Balaban J connectivity index is 1.82. The summed E-state index contributed by atoms with van der Waals surface area (Å²) >= 11 is 0. The molecule has 1 heterocycles. The monoisotopic (exact) mass is 247 g/mol. The molecular formula is C16H22FN. The van der Waals surface area contributed by atoms with Gasteiger partial charge in [0.05, 0.1) is 0 Å². The van der Waals surface area contributed by atoms with Crippen LogP contribution in [0.1, 0.15) is 43.6 Å². The lowest BCUT2D eigenvalue weighted by molar-refractivity contribution is 0.231. The van der Waals surface area contributed by atoms with Gasteiger partial charge >= 0.3 is 0 Å². The predicted molar refractivity (Wildman–Crippen MR) is 72.1 cm³/mol. The van der Waals surface area contributed by atoms with Crippen molar-refractivity contribution in [1.29, 1.82) is 0 Å². The Labute approximate surface area is 109 Å². The highest BCUT2D eigenvalue weighted by atomic mass is 19.1. The van der Waals surface area contributed by atoms with Gasteiger partial charge in [-0.3, -0.25) is 0 Å². The van der Waals surface area contributed by atoms with Crippen LogP contribution < -0.4 is 5.32 Å². The fourth-order valence-electron chi connectivity index (χ4n) is 3.91. The number of benzene rings is 1. The van der Waals surface area contributed by atoms with E-state index in [0.29, 0.717) is 11.8 Å². The third kappa shape index (κ3) is 2.44. The Morgan fingerprint density at radius 2 is 1.94 bits per heavy atom. The second-order valence-corrected chi connectivity index (χ2v) is 5.86. The van der Waals surface area contributed by atoms with E-state index in [9.17, 15) is 4.39 Å². The molecule has 0 spiro atoms. The molecule has 2 heteroatoms. The minimum atomic E-state index is -0.0868. The summed E-state index contributed by atoms with van der Waals surface area (Å²) in [4.78, 5) is 0. The first-order valence-electron chi connectivity index (χ1n) is 7.31. The van der Waals surface area contributed by atoms with E-state index in [0.717, 1.165) is 25.4 Å². The summed E-state index contributed by atoms with van der Waals surface area (Å²) in [6.45, 7) is 2.19. The molecule has 3 rings (SSSR count). The largest absolute Gasteiger partial charge is 0.316 e. The van der Waals surface area contributed by atoms with Gasteiger partial charge in [0, 0.05) is 0 Å². The van der Waals surface area contributed by atoms with Gasteiger partial charge in [0.1, 0.15) is 5.82 Å². The van der Waals surface area contributed by atoms with Crippen molar-refractivity contribution in [2.45, 2.75) is 38.0 Å². The lowest BCUT2D eigenvalue weighted by atomic mass is 9.73. The quantitative estimate of drug-likeness (QED) is 0.840. The van der Waals surface area contributed by atoms with Gasteiger partial charge in [-0.2, -0.15) is 0 Å². The van der Waals surface area contributed by atoms with E-state index >= 15 is 0 Å². The summed E-state index contributed by atoms with van der Waals surface area (Å²) in [6, 6.07) is 7.27. The summed E-state index contributed by atoms with van der Waals surface area (Å²) in [5.74, 6) is 2.04.